The molecule has 0 aliphatic carbocycles. The van der Waals surface area contributed by atoms with Crippen molar-refractivity contribution in [3.05, 3.63) is 52.3 Å². The smallest absolute Gasteiger partial charge is 0.328 e. The van der Waals surface area contributed by atoms with Gasteiger partial charge >= 0.3 is 5.97 Å². The van der Waals surface area contributed by atoms with E-state index in [0.29, 0.717) is 0 Å². The van der Waals surface area contributed by atoms with Gasteiger partial charge in [0, 0.05) is 11.0 Å². The number of hydrogen-bond acceptors (Lipinski definition) is 2. The number of thiophene rings is 1. The number of carbonyl (C=O) groups is 1. The standard InChI is InChI=1S/C13H14O2S/c1-10(9-13(14)15)5-3-6-11(2)12-7-4-8-16-12/h3-9H,1-2H3,(H,14,15)/b5-3+,10-9+,11-6+. The predicted octanol–water partition coefficient (Wildman–Crippen LogP) is 3.74. The third-order valence-electron chi connectivity index (χ3n) is 1.97. The van der Waals surface area contributed by atoms with Crippen LogP contribution in [-0.4, -0.2) is 11.1 Å². The number of hydrogen-bond donors (Lipinski definition) is 1. The molecule has 0 bridgehead atoms. The molecule has 1 aromatic rings. The first-order valence-corrected chi connectivity index (χ1v) is 5.77. The SMILES string of the molecule is CC(/C=C/C=C(\C)c1cccs1)=C\C(=O)O. The first kappa shape index (κ1) is 12.5. The fourth-order valence-electron chi connectivity index (χ4n) is 1.17. The molecule has 0 unspecified atom stereocenters. The second-order valence-electron chi connectivity index (χ2n) is 3.41. The molecular weight excluding hydrogens is 220 g/mol. The number of carboxylic acids is 1. The molecule has 0 atom stereocenters. The van der Waals surface area contributed by atoms with Gasteiger partial charge in [-0.05, 0) is 36.4 Å². The molecule has 0 aromatic carbocycles. The molecule has 0 spiro atoms. The fourth-order valence-corrected chi connectivity index (χ4v) is 1.89. The molecule has 0 saturated carbocycles. The van der Waals surface area contributed by atoms with Crippen molar-refractivity contribution in [2.45, 2.75) is 13.8 Å². The van der Waals surface area contributed by atoms with E-state index in [1.807, 2.05) is 30.5 Å². The van der Waals surface area contributed by atoms with Gasteiger partial charge in [0.25, 0.3) is 0 Å². The summed E-state index contributed by atoms with van der Waals surface area (Å²) in [5.74, 6) is -0.916. The van der Waals surface area contributed by atoms with Crippen molar-refractivity contribution in [2.75, 3.05) is 0 Å². The molecule has 0 fully saturated rings. The van der Waals surface area contributed by atoms with Crippen LogP contribution in [-0.2, 0) is 4.79 Å². The summed E-state index contributed by atoms with van der Waals surface area (Å²) >= 11 is 1.69. The summed E-state index contributed by atoms with van der Waals surface area (Å²) in [5, 5.41) is 10.6. The van der Waals surface area contributed by atoms with Gasteiger partial charge in [0.1, 0.15) is 0 Å². The molecule has 16 heavy (non-hydrogen) atoms. The second-order valence-corrected chi connectivity index (χ2v) is 4.36. The average Bonchev–Trinajstić information content (AvgIpc) is 2.68. The summed E-state index contributed by atoms with van der Waals surface area (Å²) in [6.07, 6.45) is 6.81. The topological polar surface area (TPSA) is 37.3 Å². The lowest BCUT2D eigenvalue weighted by atomic mass is 10.2. The van der Waals surface area contributed by atoms with Crippen molar-refractivity contribution in [3.8, 4) is 0 Å². The van der Waals surface area contributed by atoms with Gasteiger partial charge in [-0.25, -0.2) is 4.79 Å². The van der Waals surface area contributed by atoms with Gasteiger partial charge in [0.2, 0.25) is 0 Å². The normalized spacial score (nSPS) is 13.4. The van der Waals surface area contributed by atoms with Crippen molar-refractivity contribution in [1.29, 1.82) is 0 Å². The zero-order chi connectivity index (χ0) is 12.0. The lowest BCUT2D eigenvalue weighted by Gasteiger charge is -1.93. The minimum absolute atomic E-state index is 0.725. The Hall–Kier alpha value is -1.61. The molecule has 1 N–H and O–H groups in total. The maximum atomic E-state index is 10.4. The van der Waals surface area contributed by atoms with Gasteiger partial charge in [-0.3, -0.25) is 0 Å². The monoisotopic (exact) mass is 234 g/mol. The largest absolute Gasteiger partial charge is 0.478 e. The number of carboxylic acid groups (broad SMARTS) is 1. The summed E-state index contributed by atoms with van der Waals surface area (Å²) < 4.78 is 0. The quantitative estimate of drug-likeness (QED) is 0.636. The summed E-state index contributed by atoms with van der Waals surface area (Å²) in [6, 6.07) is 4.07. The van der Waals surface area contributed by atoms with E-state index >= 15 is 0 Å². The number of allylic oxidation sites excluding steroid dienone is 5. The highest BCUT2D eigenvalue weighted by atomic mass is 32.1. The van der Waals surface area contributed by atoms with Gasteiger partial charge in [-0.15, -0.1) is 11.3 Å². The van der Waals surface area contributed by atoms with Crippen molar-refractivity contribution in [2.24, 2.45) is 0 Å². The van der Waals surface area contributed by atoms with E-state index in [-0.39, 0.29) is 0 Å². The third kappa shape index (κ3) is 4.28. The molecule has 0 radical (unpaired) electrons. The van der Waals surface area contributed by atoms with Crippen molar-refractivity contribution < 1.29 is 9.90 Å². The van der Waals surface area contributed by atoms with E-state index in [0.717, 1.165) is 5.57 Å². The third-order valence-corrected chi connectivity index (χ3v) is 2.97. The molecule has 1 aromatic heterocycles. The molecular formula is C13H14O2S. The molecule has 0 amide bonds. The highest BCUT2D eigenvalue weighted by Crippen LogP contribution is 2.19. The van der Waals surface area contributed by atoms with Crippen LogP contribution in [0.4, 0.5) is 0 Å². The average molecular weight is 234 g/mol. The Bertz CT molecular complexity index is 437. The molecule has 84 valence electrons. The molecule has 0 aliphatic rings. The zero-order valence-electron chi connectivity index (χ0n) is 9.31. The minimum atomic E-state index is -0.916. The van der Waals surface area contributed by atoms with Crippen LogP contribution in [0.15, 0.2) is 47.4 Å². The summed E-state index contributed by atoms with van der Waals surface area (Å²) in [7, 11) is 0. The maximum absolute atomic E-state index is 10.4. The first-order valence-electron chi connectivity index (χ1n) is 4.89. The Morgan fingerprint density at radius 2 is 2.19 bits per heavy atom. The van der Waals surface area contributed by atoms with Crippen LogP contribution in [0, 0.1) is 0 Å². The maximum Gasteiger partial charge on any atom is 0.328 e. The van der Waals surface area contributed by atoms with Crippen LogP contribution in [0.1, 0.15) is 18.7 Å². The number of rotatable bonds is 4. The van der Waals surface area contributed by atoms with Gasteiger partial charge in [0.15, 0.2) is 0 Å². The summed E-state index contributed by atoms with van der Waals surface area (Å²) in [6.45, 7) is 3.80. The lowest BCUT2D eigenvalue weighted by molar-refractivity contribution is -0.131. The van der Waals surface area contributed by atoms with E-state index in [1.54, 1.807) is 24.3 Å². The van der Waals surface area contributed by atoms with Gasteiger partial charge in [0.05, 0.1) is 0 Å². The van der Waals surface area contributed by atoms with Crippen LogP contribution in [0.2, 0.25) is 0 Å². The van der Waals surface area contributed by atoms with Crippen molar-refractivity contribution in [1.82, 2.24) is 0 Å². The van der Waals surface area contributed by atoms with Crippen LogP contribution in [0.25, 0.3) is 5.57 Å². The van der Waals surface area contributed by atoms with Crippen LogP contribution >= 0.6 is 11.3 Å². The van der Waals surface area contributed by atoms with E-state index < -0.39 is 5.97 Å². The highest BCUT2D eigenvalue weighted by Gasteiger charge is 1.93. The molecule has 0 saturated heterocycles. The van der Waals surface area contributed by atoms with E-state index in [4.69, 9.17) is 5.11 Å². The predicted molar refractivity (Wildman–Crippen MR) is 68.5 cm³/mol. The van der Waals surface area contributed by atoms with E-state index in [2.05, 4.69) is 6.07 Å². The van der Waals surface area contributed by atoms with Gasteiger partial charge < -0.3 is 5.11 Å². The Morgan fingerprint density at radius 3 is 2.75 bits per heavy atom. The molecule has 1 heterocycles. The van der Waals surface area contributed by atoms with Gasteiger partial charge in [-0.1, -0.05) is 24.3 Å². The lowest BCUT2D eigenvalue weighted by Crippen LogP contribution is -1.87. The van der Waals surface area contributed by atoms with Crippen LogP contribution in [0.3, 0.4) is 0 Å². The fraction of sp³-hybridized carbons (Fsp3) is 0.154. The first-order chi connectivity index (χ1) is 7.59. The summed E-state index contributed by atoms with van der Waals surface area (Å²) in [4.78, 5) is 11.6. The van der Waals surface area contributed by atoms with Crippen LogP contribution < -0.4 is 0 Å². The highest BCUT2D eigenvalue weighted by molar-refractivity contribution is 7.11. The Labute approximate surface area is 99.2 Å². The minimum Gasteiger partial charge on any atom is -0.478 e. The zero-order valence-corrected chi connectivity index (χ0v) is 10.1. The van der Waals surface area contributed by atoms with Crippen molar-refractivity contribution >= 4 is 22.9 Å². The van der Waals surface area contributed by atoms with Crippen LogP contribution in [0.5, 0.6) is 0 Å². The second kappa shape index (κ2) is 6.08. The molecule has 3 heteroatoms. The Morgan fingerprint density at radius 1 is 1.44 bits per heavy atom. The van der Waals surface area contributed by atoms with E-state index in [9.17, 15) is 4.79 Å². The Balaban J connectivity index is 2.66. The summed E-state index contributed by atoms with van der Waals surface area (Å²) in [5.41, 5.74) is 1.90. The van der Waals surface area contributed by atoms with Crippen molar-refractivity contribution in [3.63, 3.8) is 0 Å². The van der Waals surface area contributed by atoms with Gasteiger partial charge in [-0.2, -0.15) is 0 Å². The Kier molecular flexibility index (Phi) is 4.73. The molecule has 2 nitrogen and oxygen atoms in total. The number of aliphatic carboxylic acids is 1. The van der Waals surface area contributed by atoms with E-state index in [1.165, 1.54) is 16.5 Å². The molecule has 1 rings (SSSR count). The molecule has 0 aliphatic heterocycles.